The number of hydrogen-bond acceptors (Lipinski definition) is 3. The largest absolute Gasteiger partial charge is 0.337 e. The Balaban J connectivity index is 2.26. The minimum absolute atomic E-state index is 0.0236. The fourth-order valence-electron chi connectivity index (χ4n) is 1.88. The van der Waals surface area contributed by atoms with Crippen LogP contribution in [0.2, 0.25) is 0 Å². The highest BCUT2D eigenvalue weighted by atomic mass is 32.1. The molecular formula is C12H9F2N3S. The number of thiazole rings is 1. The van der Waals surface area contributed by atoms with Crippen molar-refractivity contribution in [3.05, 3.63) is 34.5 Å². The molecule has 0 saturated heterocycles. The number of imidazole rings is 1. The predicted octanol–water partition coefficient (Wildman–Crippen LogP) is 3.58. The number of halogens is 2. The molecule has 0 aliphatic rings. The molecule has 92 valence electrons. The zero-order valence-electron chi connectivity index (χ0n) is 9.71. The molecule has 3 aromatic rings. The Morgan fingerprint density at radius 1 is 1.17 bits per heavy atom. The molecule has 3 rings (SSSR count). The smallest absolute Gasteiger partial charge is 0.186 e. The molecule has 0 unspecified atom stereocenters. The first kappa shape index (κ1) is 11.3. The van der Waals surface area contributed by atoms with E-state index in [2.05, 4.69) is 15.0 Å². The summed E-state index contributed by atoms with van der Waals surface area (Å²) < 4.78 is 26.7. The van der Waals surface area contributed by atoms with Gasteiger partial charge in [0.15, 0.2) is 17.5 Å². The first-order valence-corrected chi connectivity index (χ1v) is 6.16. The number of benzene rings is 1. The van der Waals surface area contributed by atoms with Crippen molar-refractivity contribution in [2.45, 2.75) is 13.8 Å². The first-order valence-electron chi connectivity index (χ1n) is 5.34. The van der Waals surface area contributed by atoms with Gasteiger partial charge in [-0.1, -0.05) is 0 Å². The molecular weight excluding hydrogens is 256 g/mol. The number of hydrogen-bond donors (Lipinski definition) is 1. The number of rotatable bonds is 1. The summed E-state index contributed by atoms with van der Waals surface area (Å²) in [6.07, 6.45) is 0. The highest BCUT2D eigenvalue weighted by molar-refractivity contribution is 7.15. The topological polar surface area (TPSA) is 41.6 Å². The minimum atomic E-state index is -0.922. The third-order valence-electron chi connectivity index (χ3n) is 2.66. The van der Waals surface area contributed by atoms with Crippen molar-refractivity contribution < 1.29 is 8.78 Å². The molecule has 0 fully saturated rings. The van der Waals surface area contributed by atoms with Gasteiger partial charge in [0.25, 0.3) is 0 Å². The maximum Gasteiger partial charge on any atom is 0.186 e. The van der Waals surface area contributed by atoms with Crippen LogP contribution in [0.4, 0.5) is 8.78 Å². The van der Waals surface area contributed by atoms with Gasteiger partial charge in [-0.15, -0.1) is 11.3 Å². The van der Waals surface area contributed by atoms with Crippen LogP contribution in [0.25, 0.3) is 21.7 Å². The summed E-state index contributed by atoms with van der Waals surface area (Å²) in [7, 11) is 0. The quantitative estimate of drug-likeness (QED) is 0.730. The summed E-state index contributed by atoms with van der Waals surface area (Å²) in [4.78, 5) is 12.2. The molecule has 0 amide bonds. The Morgan fingerprint density at radius 3 is 2.61 bits per heavy atom. The molecule has 0 bridgehead atoms. The number of aromatic amines is 1. The third kappa shape index (κ3) is 1.60. The van der Waals surface area contributed by atoms with Crippen molar-refractivity contribution >= 4 is 22.4 Å². The van der Waals surface area contributed by atoms with E-state index in [-0.39, 0.29) is 5.52 Å². The van der Waals surface area contributed by atoms with Crippen molar-refractivity contribution in [1.82, 2.24) is 15.0 Å². The van der Waals surface area contributed by atoms with Crippen molar-refractivity contribution in [2.24, 2.45) is 0 Å². The molecule has 0 atom stereocenters. The molecule has 0 spiro atoms. The van der Waals surface area contributed by atoms with Crippen LogP contribution in [-0.4, -0.2) is 15.0 Å². The molecule has 2 heterocycles. The van der Waals surface area contributed by atoms with Crippen LogP contribution in [0.5, 0.6) is 0 Å². The average molecular weight is 265 g/mol. The minimum Gasteiger partial charge on any atom is -0.337 e. The van der Waals surface area contributed by atoms with Gasteiger partial charge in [0.1, 0.15) is 5.52 Å². The lowest BCUT2D eigenvalue weighted by Gasteiger charge is -1.91. The van der Waals surface area contributed by atoms with E-state index in [1.165, 1.54) is 17.4 Å². The summed E-state index contributed by atoms with van der Waals surface area (Å²) in [6, 6.07) is 2.57. The highest BCUT2D eigenvalue weighted by Gasteiger charge is 2.15. The Morgan fingerprint density at radius 2 is 1.94 bits per heavy atom. The first-order chi connectivity index (χ1) is 8.56. The number of aryl methyl sites for hydroxylation is 2. The molecule has 18 heavy (non-hydrogen) atoms. The molecule has 0 aliphatic carbocycles. The van der Waals surface area contributed by atoms with Gasteiger partial charge in [-0.2, -0.15) is 0 Å². The Hall–Kier alpha value is -1.82. The summed E-state index contributed by atoms with van der Waals surface area (Å²) in [5.41, 5.74) is 1.34. The lowest BCUT2D eigenvalue weighted by Crippen LogP contribution is -1.84. The number of H-pyrrole nitrogens is 1. The second-order valence-corrected chi connectivity index (χ2v) is 5.19. The summed E-state index contributed by atoms with van der Waals surface area (Å²) in [6.45, 7) is 3.76. The molecule has 0 saturated carbocycles. The van der Waals surface area contributed by atoms with E-state index in [0.717, 1.165) is 21.6 Å². The fourth-order valence-corrected chi connectivity index (χ4v) is 2.74. The average Bonchev–Trinajstić information content (AvgIpc) is 2.87. The van der Waals surface area contributed by atoms with Gasteiger partial charge >= 0.3 is 0 Å². The van der Waals surface area contributed by atoms with E-state index in [9.17, 15) is 8.78 Å². The van der Waals surface area contributed by atoms with Gasteiger partial charge in [-0.05, 0) is 26.0 Å². The molecule has 3 nitrogen and oxygen atoms in total. The van der Waals surface area contributed by atoms with Crippen LogP contribution in [-0.2, 0) is 0 Å². The SMILES string of the molecule is Cc1nc(C)c(-c2nc3c(F)c(F)ccc3[nH]2)s1. The standard InChI is InChI=1S/C12H9F2N3S/c1-5-11(18-6(2)15-5)12-16-8-4-3-7(13)9(14)10(8)17-12/h3-4H,1-2H3,(H,16,17). The van der Waals surface area contributed by atoms with Gasteiger partial charge in [-0.25, -0.2) is 18.7 Å². The summed E-state index contributed by atoms with van der Waals surface area (Å²) in [5.74, 6) is -1.29. The Bertz CT molecular complexity index is 745. The van der Waals surface area contributed by atoms with Crippen LogP contribution >= 0.6 is 11.3 Å². The van der Waals surface area contributed by atoms with Crippen LogP contribution in [0.15, 0.2) is 12.1 Å². The van der Waals surface area contributed by atoms with Crippen LogP contribution in [0.3, 0.4) is 0 Å². The third-order valence-corrected chi connectivity index (χ3v) is 3.74. The van der Waals surface area contributed by atoms with Crippen molar-refractivity contribution in [1.29, 1.82) is 0 Å². The summed E-state index contributed by atoms with van der Waals surface area (Å²) >= 11 is 1.47. The van der Waals surface area contributed by atoms with E-state index in [0.29, 0.717) is 11.3 Å². The van der Waals surface area contributed by atoms with E-state index in [4.69, 9.17) is 0 Å². The zero-order valence-corrected chi connectivity index (χ0v) is 10.5. The van der Waals surface area contributed by atoms with Gasteiger partial charge in [0.2, 0.25) is 0 Å². The van der Waals surface area contributed by atoms with Gasteiger partial charge in [0.05, 0.1) is 21.1 Å². The maximum atomic E-state index is 13.6. The van der Waals surface area contributed by atoms with Crippen LogP contribution < -0.4 is 0 Å². The second kappa shape index (κ2) is 3.84. The number of nitrogens with zero attached hydrogens (tertiary/aromatic N) is 2. The predicted molar refractivity (Wildman–Crippen MR) is 66.6 cm³/mol. The van der Waals surface area contributed by atoms with Crippen molar-refractivity contribution in [2.75, 3.05) is 0 Å². The van der Waals surface area contributed by atoms with E-state index < -0.39 is 11.6 Å². The molecule has 0 radical (unpaired) electrons. The van der Waals surface area contributed by atoms with E-state index in [1.54, 1.807) is 0 Å². The number of aromatic nitrogens is 3. The van der Waals surface area contributed by atoms with Gasteiger partial charge in [-0.3, -0.25) is 0 Å². The van der Waals surface area contributed by atoms with Crippen molar-refractivity contribution in [3.63, 3.8) is 0 Å². The number of nitrogens with one attached hydrogen (secondary N) is 1. The monoisotopic (exact) mass is 265 g/mol. The Labute approximate surface area is 106 Å². The van der Waals surface area contributed by atoms with E-state index >= 15 is 0 Å². The second-order valence-electron chi connectivity index (χ2n) is 3.99. The van der Waals surface area contributed by atoms with Crippen LogP contribution in [0.1, 0.15) is 10.7 Å². The summed E-state index contributed by atoms with van der Waals surface area (Å²) in [5, 5.41) is 0.912. The van der Waals surface area contributed by atoms with Gasteiger partial charge in [0, 0.05) is 0 Å². The normalized spacial score (nSPS) is 11.3. The molecule has 6 heteroatoms. The van der Waals surface area contributed by atoms with Crippen molar-refractivity contribution in [3.8, 4) is 10.7 Å². The lowest BCUT2D eigenvalue weighted by atomic mass is 10.3. The van der Waals surface area contributed by atoms with Gasteiger partial charge < -0.3 is 4.98 Å². The number of fused-ring (bicyclic) bond motifs is 1. The fraction of sp³-hybridized carbons (Fsp3) is 0.167. The van der Waals surface area contributed by atoms with Crippen LogP contribution in [0, 0.1) is 25.5 Å². The maximum absolute atomic E-state index is 13.6. The molecule has 1 N–H and O–H groups in total. The Kier molecular flexibility index (Phi) is 2.41. The molecule has 1 aromatic carbocycles. The highest BCUT2D eigenvalue weighted by Crippen LogP contribution is 2.30. The molecule has 0 aliphatic heterocycles. The van der Waals surface area contributed by atoms with E-state index in [1.807, 2.05) is 13.8 Å². The molecule has 2 aromatic heterocycles. The lowest BCUT2D eigenvalue weighted by molar-refractivity contribution is 0.515. The zero-order chi connectivity index (χ0) is 12.9.